The minimum atomic E-state index is 0.254. The molecule has 0 aliphatic heterocycles. The number of nitrogens with two attached hydrogens (primary N) is 1. The van der Waals surface area contributed by atoms with E-state index in [1.807, 2.05) is 18.0 Å². The van der Waals surface area contributed by atoms with Crippen molar-refractivity contribution in [3.8, 4) is 0 Å². The molecular formula is C11H15N3OS. The summed E-state index contributed by atoms with van der Waals surface area (Å²) < 4.78 is 5.38. The van der Waals surface area contributed by atoms with Gasteiger partial charge in [0.1, 0.15) is 6.26 Å². The SMILES string of the molecule is CC(c1cccs1)N(C)c1nc(CN)co1. The molecule has 0 bridgehead atoms. The van der Waals surface area contributed by atoms with Crippen molar-refractivity contribution in [1.29, 1.82) is 0 Å². The number of rotatable bonds is 4. The summed E-state index contributed by atoms with van der Waals surface area (Å²) in [4.78, 5) is 7.59. The van der Waals surface area contributed by atoms with Gasteiger partial charge in [0.25, 0.3) is 6.01 Å². The Hall–Kier alpha value is -1.33. The summed E-state index contributed by atoms with van der Waals surface area (Å²) in [5, 5.41) is 2.07. The zero-order valence-corrected chi connectivity index (χ0v) is 10.2. The molecule has 2 rings (SSSR count). The van der Waals surface area contributed by atoms with Gasteiger partial charge in [-0.1, -0.05) is 6.07 Å². The number of oxazole rings is 1. The first-order valence-corrected chi connectivity index (χ1v) is 6.01. The molecule has 0 fully saturated rings. The lowest BCUT2D eigenvalue weighted by molar-refractivity contribution is 0.527. The van der Waals surface area contributed by atoms with E-state index in [9.17, 15) is 0 Å². The quantitative estimate of drug-likeness (QED) is 0.887. The van der Waals surface area contributed by atoms with E-state index >= 15 is 0 Å². The lowest BCUT2D eigenvalue weighted by atomic mass is 10.2. The highest BCUT2D eigenvalue weighted by molar-refractivity contribution is 7.10. The van der Waals surface area contributed by atoms with Crippen molar-refractivity contribution in [1.82, 2.24) is 4.98 Å². The predicted octanol–water partition coefficient (Wildman–Crippen LogP) is 2.39. The Morgan fingerprint density at radius 1 is 1.62 bits per heavy atom. The molecule has 0 saturated carbocycles. The summed E-state index contributed by atoms with van der Waals surface area (Å²) in [5.41, 5.74) is 6.27. The topological polar surface area (TPSA) is 55.3 Å². The molecule has 0 aliphatic carbocycles. The van der Waals surface area contributed by atoms with Gasteiger partial charge in [-0.2, -0.15) is 4.98 Å². The van der Waals surface area contributed by atoms with Gasteiger partial charge in [-0.15, -0.1) is 11.3 Å². The molecule has 0 amide bonds. The maximum absolute atomic E-state index is 5.50. The zero-order valence-electron chi connectivity index (χ0n) is 9.38. The van der Waals surface area contributed by atoms with Crippen LogP contribution >= 0.6 is 11.3 Å². The van der Waals surface area contributed by atoms with E-state index in [4.69, 9.17) is 10.2 Å². The molecule has 16 heavy (non-hydrogen) atoms. The van der Waals surface area contributed by atoms with E-state index in [0.717, 1.165) is 5.69 Å². The summed E-state index contributed by atoms with van der Waals surface area (Å²) in [6, 6.07) is 5.02. The molecular weight excluding hydrogens is 222 g/mol. The van der Waals surface area contributed by atoms with E-state index < -0.39 is 0 Å². The second-order valence-electron chi connectivity index (χ2n) is 3.63. The van der Waals surface area contributed by atoms with Gasteiger partial charge in [0.05, 0.1) is 11.7 Å². The van der Waals surface area contributed by atoms with Crippen LogP contribution in [0, 0.1) is 0 Å². The molecule has 0 saturated heterocycles. The lowest BCUT2D eigenvalue weighted by Gasteiger charge is -2.21. The molecule has 0 spiro atoms. The van der Waals surface area contributed by atoms with Crippen LogP contribution in [0.15, 0.2) is 28.2 Å². The molecule has 0 aromatic carbocycles. The minimum Gasteiger partial charge on any atom is -0.432 e. The van der Waals surface area contributed by atoms with Crippen molar-refractivity contribution < 1.29 is 4.42 Å². The third-order valence-corrected chi connectivity index (χ3v) is 3.63. The second-order valence-corrected chi connectivity index (χ2v) is 4.61. The van der Waals surface area contributed by atoms with Gasteiger partial charge in [0, 0.05) is 18.5 Å². The van der Waals surface area contributed by atoms with Crippen LogP contribution in [0.2, 0.25) is 0 Å². The van der Waals surface area contributed by atoms with E-state index in [1.54, 1.807) is 17.6 Å². The molecule has 4 nitrogen and oxygen atoms in total. The molecule has 2 aromatic rings. The van der Waals surface area contributed by atoms with Crippen LogP contribution in [0.5, 0.6) is 0 Å². The summed E-state index contributed by atoms with van der Waals surface area (Å²) in [5.74, 6) is 0. The molecule has 5 heteroatoms. The van der Waals surface area contributed by atoms with Gasteiger partial charge in [-0.05, 0) is 18.4 Å². The molecule has 2 heterocycles. The first kappa shape index (κ1) is 11.2. The average Bonchev–Trinajstić information content (AvgIpc) is 2.97. The summed E-state index contributed by atoms with van der Waals surface area (Å²) >= 11 is 1.73. The number of thiophene rings is 1. The maximum Gasteiger partial charge on any atom is 0.297 e. The fraction of sp³-hybridized carbons (Fsp3) is 0.364. The van der Waals surface area contributed by atoms with E-state index in [-0.39, 0.29) is 6.04 Å². The largest absolute Gasteiger partial charge is 0.432 e. The van der Waals surface area contributed by atoms with E-state index in [2.05, 4.69) is 23.4 Å². The van der Waals surface area contributed by atoms with E-state index in [0.29, 0.717) is 12.6 Å². The molecule has 0 aliphatic rings. The Balaban J connectivity index is 2.15. The number of hydrogen-bond acceptors (Lipinski definition) is 5. The van der Waals surface area contributed by atoms with Crippen LogP contribution in [0.25, 0.3) is 0 Å². The monoisotopic (exact) mass is 237 g/mol. The van der Waals surface area contributed by atoms with Gasteiger partial charge in [0.15, 0.2) is 0 Å². The molecule has 1 unspecified atom stereocenters. The predicted molar refractivity (Wildman–Crippen MR) is 65.5 cm³/mol. The van der Waals surface area contributed by atoms with Crippen molar-refractivity contribution in [2.45, 2.75) is 19.5 Å². The first-order valence-electron chi connectivity index (χ1n) is 5.13. The molecule has 2 N–H and O–H groups in total. The van der Waals surface area contributed by atoms with Gasteiger partial charge >= 0.3 is 0 Å². The third-order valence-electron chi connectivity index (χ3n) is 2.59. The second kappa shape index (κ2) is 4.67. The third kappa shape index (κ3) is 2.10. The van der Waals surface area contributed by atoms with Crippen molar-refractivity contribution >= 4 is 17.4 Å². The normalized spacial score (nSPS) is 12.7. The minimum absolute atomic E-state index is 0.254. The van der Waals surface area contributed by atoms with Crippen molar-refractivity contribution in [3.63, 3.8) is 0 Å². The Labute approximate surface area is 98.7 Å². The summed E-state index contributed by atoms with van der Waals surface area (Å²) in [6.07, 6.45) is 1.60. The Morgan fingerprint density at radius 3 is 3.00 bits per heavy atom. The smallest absolute Gasteiger partial charge is 0.297 e. The molecule has 86 valence electrons. The maximum atomic E-state index is 5.50. The Morgan fingerprint density at radius 2 is 2.44 bits per heavy atom. The molecule has 1 atom stereocenters. The van der Waals surface area contributed by atoms with Crippen molar-refractivity contribution in [2.24, 2.45) is 5.73 Å². The van der Waals surface area contributed by atoms with Crippen LogP contribution in [0.4, 0.5) is 6.01 Å². The van der Waals surface area contributed by atoms with Crippen LogP contribution in [-0.4, -0.2) is 12.0 Å². The molecule has 2 aromatic heterocycles. The highest BCUT2D eigenvalue weighted by atomic mass is 32.1. The first-order chi connectivity index (χ1) is 7.72. The molecule has 0 radical (unpaired) electrons. The van der Waals surface area contributed by atoms with Crippen LogP contribution in [-0.2, 0) is 6.54 Å². The average molecular weight is 237 g/mol. The van der Waals surface area contributed by atoms with Crippen LogP contribution in [0.1, 0.15) is 23.5 Å². The van der Waals surface area contributed by atoms with Crippen molar-refractivity contribution in [2.75, 3.05) is 11.9 Å². The summed E-state index contributed by atoms with van der Waals surface area (Å²) in [6.45, 7) is 2.53. The zero-order chi connectivity index (χ0) is 11.5. The van der Waals surface area contributed by atoms with E-state index in [1.165, 1.54) is 4.88 Å². The number of nitrogens with zero attached hydrogens (tertiary/aromatic N) is 2. The summed E-state index contributed by atoms with van der Waals surface area (Å²) in [7, 11) is 1.97. The highest BCUT2D eigenvalue weighted by Crippen LogP contribution is 2.27. The van der Waals surface area contributed by atoms with Gasteiger partial charge < -0.3 is 15.1 Å². The fourth-order valence-electron chi connectivity index (χ4n) is 1.44. The fourth-order valence-corrected chi connectivity index (χ4v) is 2.26. The van der Waals surface area contributed by atoms with Gasteiger partial charge in [-0.3, -0.25) is 0 Å². The van der Waals surface area contributed by atoms with Crippen molar-refractivity contribution in [3.05, 3.63) is 34.3 Å². The number of aromatic nitrogens is 1. The number of hydrogen-bond donors (Lipinski definition) is 1. The Kier molecular flexibility index (Phi) is 3.26. The highest BCUT2D eigenvalue weighted by Gasteiger charge is 2.17. The van der Waals surface area contributed by atoms with Crippen LogP contribution in [0.3, 0.4) is 0 Å². The van der Waals surface area contributed by atoms with Gasteiger partial charge in [0.2, 0.25) is 0 Å². The lowest BCUT2D eigenvalue weighted by Crippen LogP contribution is -2.21. The van der Waals surface area contributed by atoms with Crippen LogP contribution < -0.4 is 10.6 Å². The standard InChI is InChI=1S/C11H15N3OS/c1-8(10-4-3-5-16-10)14(2)11-13-9(6-12)7-15-11/h3-5,7-8H,6,12H2,1-2H3. The number of anilines is 1. The van der Waals surface area contributed by atoms with Gasteiger partial charge in [-0.25, -0.2) is 0 Å². The Bertz CT molecular complexity index is 438.